The molecule has 94 valence electrons. The topological polar surface area (TPSA) is 28.7 Å². The van der Waals surface area contributed by atoms with Crippen LogP contribution in [0.25, 0.3) is 11.0 Å². The van der Waals surface area contributed by atoms with Gasteiger partial charge in [0.15, 0.2) is 0 Å². The Morgan fingerprint density at radius 2 is 2.11 bits per heavy atom. The summed E-state index contributed by atoms with van der Waals surface area (Å²) in [5.74, 6) is 2.53. The molecule has 4 heteroatoms. The predicted octanol–water partition coefficient (Wildman–Crippen LogP) is 4.56. The number of H-pyrrole nitrogens is 1. The summed E-state index contributed by atoms with van der Waals surface area (Å²) in [4.78, 5) is 9.59. The van der Waals surface area contributed by atoms with E-state index in [1.807, 2.05) is 23.9 Å². The number of thioether (sulfide) groups is 1. The second-order valence-electron chi connectivity index (χ2n) is 4.68. The van der Waals surface area contributed by atoms with Crippen molar-refractivity contribution in [3.8, 4) is 0 Å². The third-order valence-corrected chi connectivity index (χ3v) is 5.17. The molecule has 1 unspecified atom stereocenters. The van der Waals surface area contributed by atoms with E-state index in [0.717, 1.165) is 27.1 Å². The number of hydrogen-bond acceptors (Lipinski definition) is 2. The molecule has 1 aliphatic rings. The Morgan fingerprint density at radius 3 is 3.05 bits per heavy atom. The molecule has 1 N–H and O–H groups in total. The first-order chi connectivity index (χ1) is 9.31. The Kier molecular flexibility index (Phi) is 2.67. The second-order valence-corrected chi connectivity index (χ2v) is 6.66. The van der Waals surface area contributed by atoms with Crippen molar-refractivity contribution in [1.29, 1.82) is 0 Å². The predicted molar refractivity (Wildman–Crippen MR) is 82.8 cm³/mol. The molecule has 0 radical (unpaired) electrons. The Hall–Kier alpha value is -1.26. The number of fused-ring (bicyclic) bond motifs is 2. The standard InChI is InChI=1S/C15H11BrN2S/c16-9-5-6-12-13(7-9)18-15(17-12)11-8-19-14-4-2-1-3-10(11)14/h1-7,11H,8H2,(H,17,18). The lowest BCUT2D eigenvalue weighted by molar-refractivity contribution is 0.859. The van der Waals surface area contributed by atoms with E-state index in [1.165, 1.54) is 10.5 Å². The molecule has 1 aliphatic heterocycles. The number of nitrogens with zero attached hydrogens (tertiary/aromatic N) is 1. The van der Waals surface area contributed by atoms with Gasteiger partial charge in [-0.15, -0.1) is 11.8 Å². The molecule has 19 heavy (non-hydrogen) atoms. The zero-order valence-electron chi connectivity index (χ0n) is 10.1. The Morgan fingerprint density at radius 1 is 1.21 bits per heavy atom. The van der Waals surface area contributed by atoms with Crippen LogP contribution in [-0.4, -0.2) is 15.7 Å². The van der Waals surface area contributed by atoms with Crippen molar-refractivity contribution in [2.45, 2.75) is 10.8 Å². The van der Waals surface area contributed by atoms with Gasteiger partial charge in [-0.2, -0.15) is 0 Å². The molecule has 1 atom stereocenters. The molecule has 2 heterocycles. The largest absolute Gasteiger partial charge is 0.341 e. The zero-order valence-corrected chi connectivity index (χ0v) is 12.5. The van der Waals surface area contributed by atoms with Gasteiger partial charge >= 0.3 is 0 Å². The van der Waals surface area contributed by atoms with Gasteiger partial charge in [-0.1, -0.05) is 34.1 Å². The van der Waals surface area contributed by atoms with Gasteiger partial charge in [0.1, 0.15) is 5.82 Å². The summed E-state index contributed by atoms with van der Waals surface area (Å²) in [5, 5.41) is 0. The number of aromatic nitrogens is 2. The number of halogens is 1. The van der Waals surface area contributed by atoms with Crippen LogP contribution in [0.5, 0.6) is 0 Å². The molecule has 3 aromatic rings. The van der Waals surface area contributed by atoms with E-state index in [9.17, 15) is 0 Å². The van der Waals surface area contributed by atoms with Crippen LogP contribution >= 0.6 is 27.7 Å². The van der Waals surface area contributed by atoms with E-state index in [4.69, 9.17) is 4.98 Å². The van der Waals surface area contributed by atoms with Crippen LogP contribution in [0.3, 0.4) is 0 Å². The fourth-order valence-corrected chi connectivity index (χ4v) is 4.15. The molecule has 0 fully saturated rings. The van der Waals surface area contributed by atoms with E-state index < -0.39 is 0 Å². The molecule has 0 aliphatic carbocycles. The van der Waals surface area contributed by atoms with Gasteiger partial charge in [0, 0.05) is 15.1 Å². The summed E-state index contributed by atoms with van der Waals surface area (Å²) < 4.78 is 1.08. The van der Waals surface area contributed by atoms with Gasteiger partial charge in [-0.3, -0.25) is 0 Å². The second kappa shape index (κ2) is 4.39. The molecule has 0 saturated heterocycles. The molecule has 4 rings (SSSR count). The Labute approximate surface area is 123 Å². The van der Waals surface area contributed by atoms with Gasteiger partial charge in [-0.05, 0) is 29.8 Å². The van der Waals surface area contributed by atoms with E-state index in [2.05, 4.69) is 51.2 Å². The lowest BCUT2D eigenvalue weighted by Gasteiger charge is -2.06. The Balaban J connectivity index is 1.83. The third kappa shape index (κ3) is 1.90. The van der Waals surface area contributed by atoms with E-state index in [1.54, 1.807) is 0 Å². The van der Waals surface area contributed by atoms with Crippen LogP contribution in [0.4, 0.5) is 0 Å². The molecule has 0 spiro atoms. The van der Waals surface area contributed by atoms with Gasteiger partial charge in [0.25, 0.3) is 0 Å². The van der Waals surface area contributed by atoms with Crippen LogP contribution < -0.4 is 0 Å². The minimum absolute atomic E-state index is 0.382. The van der Waals surface area contributed by atoms with Crippen molar-refractivity contribution >= 4 is 38.7 Å². The van der Waals surface area contributed by atoms with Crippen LogP contribution in [0, 0.1) is 0 Å². The number of hydrogen-bond donors (Lipinski definition) is 1. The van der Waals surface area contributed by atoms with Crippen LogP contribution in [-0.2, 0) is 0 Å². The highest BCUT2D eigenvalue weighted by Gasteiger charge is 2.26. The molecule has 2 aromatic carbocycles. The number of aromatic amines is 1. The minimum Gasteiger partial charge on any atom is -0.341 e. The first-order valence-corrected chi connectivity index (χ1v) is 7.96. The van der Waals surface area contributed by atoms with E-state index in [-0.39, 0.29) is 0 Å². The highest BCUT2D eigenvalue weighted by molar-refractivity contribution is 9.10. The molecule has 2 nitrogen and oxygen atoms in total. The summed E-state index contributed by atoms with van der Waals surface area (Å²) in [5.41, 5.74) is 3.52. The quantitative estimate of drug-likeness (QED) is 0.708. The highest BCUT2D eigenvalue weighted by atomic mass is 79.9. The third-order valence-electron chi connectivity index (χ3n) is 3.49. The van der Waals surface area contributed by atoms with Crippen molar-refractivity contribution in [3.05, 3.63) is 58.3 Å². The van der Waals surface area contributed by atoms with Crippen molar-refractivity contribution in [2.75, 3.05) is 5.75 Å². The normalized spacial score (nSPS) is 17.8. The average Bonchev–Trinajstić information content (AvgIpc) is 3.00. The fourth-order valence-electron chi connectivity index (χ4n) is 2.56. The van der Waals surface area contributed by atoms with Crippen molar-refractivity contribution in [1.82, 2.24) is 9.97 Å². The highest BCUT2D eigenvalue weighted by Crippen LogP contribution is 2.42. The van der Waals surface area contributed by atoms with E-state index in [0.29, 0.717) is 5.92 Å². The van der Waals surface area contributed by atoms with Gasteiger partial charge in [0.05, 0.1) is 17.0 Å². The van der Waals surface area contributed by atoms with Crippen LogP contribution in [0.2, 0.25) is 0 Å². The molecule has 0 saturated carbocycles. The van der Waals surface area contributed by atoms with Crippen LogP contribution in [0.1, 0.15) is 17.3 Å². The van der Waals surface area contributed by atoms with E-state index >= 15 is 0 Å². The maximum atomic E-state index is 4.74. The summed E-state index contributed by atoms with van der Waals surface area (Å²) in [7, 11) is 0. The molecular formula is C15H11BrN2S. The first kappa shape index (κ1) is 11.6. The SMILES string of the molecule is Brc1ccc2nc(C3CSc4ccccc43)[nH]c2c1. The lowest BCUT2D eigenvalue weighted by Crippen LogP contribution is -2.01. The van der Waals surface area contributed by atoms with Crippen molar-refractivity contribution in [3.63, 3.8) is 0 Å². The maximum absolute atomic E-state index is 4.74. The summed E-state index contributed by atoms with van der Waals surface area (Å²) >= 11 is 5.41. The summed E-state index contributed by atoms with van der Waals surface area (Å²) in [6.07, 6.45) is 0. The lowest BCUT2D eigenvalue weighted by atomic mass is 10.0. The minimum atomic E-state index is 0.382. The van der Waals surface area contributed by atoms with Crippen LogP contribution in [0.15, 0.2) is 51.8 Å². The van der Waals surface area contributed by atoms with Crippen molar-refractivity contribution in [2.24, 2.45) is 0 Å². The smallest absolute Gasteiger partial charge is 0.115 e. The molecular weight excluding hydrogens is 320 g/mol. The number of rotatable bonds is 1. The summed E-state index contributed by atoms with van der Waals surface area (Å²) in [6.45, 7) is 0. The average molecular weight is 331 g/mol. The zero-order chi connectivity index (χ0) is 12.8. The fraction of sp³-hybridized carbons (Fsp3) is 0.133. The van der Waals surface area contributed by atoms with Crippen molar-refractivity contribution < 1.29 is 0 Å². The monoisotopic (exact) mass is 330 g/mol. The molecule has 0 amide bonds. The van der Waals surface area contributed by atoms with Gasteiger partial charge < -0.3 is 4.98 Å². The number of benzene rings is 2. The number of imidazole rings is 1. The maximum Gasteiger partial charge on any atom is 0.115 e. The molecule has 0 bridgehead atoms. The Bertz CT molecular complexity index is 766. The van der Waals surface area contributed by atoms with Gasteiger partial charge in [0.2, 0.25) is 0 Å². The molecule has 1 aromatic heterocycles. The number of nitrogens with one attached hydrogen (secondary N) is 1. The first-order valence-electron chi connectivity index (χ1n) is 6.18. The summed E-state index contributed by atoms with van der Waals surface area (Å²) in [6, 6.07) is 14.8. The van der Waals surface area contributed by atoms with Gasteiger partial charge in [-0.25, -0.2) is 4.98 Å².